The Bertz CT molecular complexity index is 470. The summed E-state index contributed by atoms with van der Waals surface area (Å²) in [7, 11) is 1.52. The van der Waals surface area contributed by atoms with Gasteiger partial charge in [0.1, 0.15) is 6.61 Å². The maximum atomic E-state index is 12.2. The Balaban J connectivity index is 2.03. The van der Waals surface area contributed by atoms with E-state index in [-0.39, 0.29) is 24.8 Å². The van der Waals surface area contributed by atoms with Crippen molar-refractivity contribution in [3.63, 3.8) is 0 Å². The Labute approximate surface area is 110 Å². The average Bonchev–Trinajstić information content (AvgIpc) is 2.87. The maximum absolute atomic E-state index is 12.2. The lowest BCUT2D eigenvalue weighted by molar-refractivity contribution is -0.143. The third-order valence-electron chi connectivity index (χ3n) is 3.12. The molecule has 2 heterocycles. The number of carbonyl (C=O) groups excluding carboxylic acids is 1. The highest BCUT2D eigenvalue weighted by Gasteiger charge is 2.29. The van der Waals surface area contributed by atoms with Crippen LogP contribution in [0.2, 0.25) is 0 Å². The molecular weight excluding hydrogens is 252 g/mol. The number of aliphatic carboxylic acids is 1. The summed E-state index contributed by atoms with van der Waals surface area (Å²) < 4.78 is 9.83. The normalized spacial score (nSPS) is 19.4. The van der Waals surface area contributed by atoms with Crippen LogP contribution < -0.4 is 0 Å². The zero-order valence-electron chi connectivity index (χ0n) is 10.7. The Hall–Kier alpha value is -1.89. The van der Waals surface area contributed by atoms with Crippen molar-refractivity contribution in [1.82, 2.24) is 10.1 Å². The van der Waals surface area contributed by atoms with Crippen molar-refractivity contribution < 1.29 is 24.0 Å². The van der Waals surface area contributed by atoms with Crippen molar-refractivity contribution in [2.45, 2.75) is 19.4 Å². The summed E-state index contributed by atoms with van der Waals surface area (Å²) in [6, 6.07) is 1.52. The molecule has 7 heteroatoms. The molecule has 1 aliphatic rings. The van der Waals surface area contributed by atoms with Gasteiger partial charge in [0, 0.05) is 26.3 Å². The lowest BCUT2D eigenvalue weighted by atomic mass is 9.98. The number of carboxylic acids is 1. The van der Waals surface area contributed by atoms with Crippen LogP contribution >= 0.6 is 0 Å². The molecule has 19 heavy (non-hydrogen) atoms. The number of methoxy groups -OCH3 is 1. The van der Waals surface area contributed by atoms with Gasteiger partial charge in [0.05, 0.1) is 5.92 Å². The molecule has 0 aliphatic carbocycles. The molecule has 0 unspecified atom stereocenters. The van der Waals surface area contributed by atoms with Gasteiger partial charge in [0.25, 0.3) is 5.91 Å². The predicted molar refractivity (Wildman–Crippen MR) is 63.5 cm³/mol. The summed E-state index contributed by atoms with van der Waals surface area (Å²) in [5, 5.41) is 12.7. The Kier molecular flexibility index (Phi) is 4.16. The summed E-state index contributed by atoms with van der Waals surface area (Å²) in [5.41, 5.74) is 0.193. The quantitative estimate of drug-likeness (QED) is 0.866. The van der Waals surface area contributed by atoms with E-state index in [1.807, 2.05) is 0 Å². The molecule has 2 rings (SSSR count). The van der Waals surface area contributed by atoms with Crippen molar-refractivity contribution in [2.24, 2.45) is 5.92 Å². The highest BCUT2D eigenvalue weighted by atomic mass is 16.5. The molecule has 104 valence electrons. The predicted octanol–water partition coefficient (Wildman–Crippen LogP) is 0.758. The second kappa shape index (κ2) is 5.83. The minimum Gasteiger partial charge on any atom is -0.481 e. The van der Waals surface area contributed by atoms with E-state index in [2.05, 4.69) is 5.16 Å². The molecule has 0 aromatic carbocycles. The van der Waals surface area contributed by atoms with Crippen LogP contribution in [-0.2, 0) is 16.1 Å². The fraction of sp³-hybridized carbons (Fsp3) is 0.583. The number of nitrogens with zero attached hydrogens (tertiary/aromatic N) is 2. The van der Waals surface area contributed by atoms with Gasteiger partial charge in [0.2, 0.25) is 0 Å². The van der Waals surface area contributed by atoms with Gasteiger partial charge in [-0.1, -0.05) is 5.16 Å². The number of piperidine rings is 1. The van der Waals surface area contributed by atoms with Gasteiger partial charge in [0.15, 0.2) is 11.5 Å². The topological polar surface area (TPSA) is 92.9 Å². The molecule has 0 bridgehead atoms. The van der Waals surface area contributed by atoms with Crippen molar-refractivity contribution in [3.05, 3.63) is 17.5 Å². The summed E-state index contributed by atoms with van der Waals surface area (Å²) in [4.78, 5) is 24.6. The number of carboxylic acid groups (broad SMARTS) is 1. The minimum absolute atomic E-state index is 0.193. The molecule has 7 nitrogen and oxygen atoms in total. The fourth-order valence-electron chi connectivity index (χ4n) is 2.15. The standard InChI is InChI=1S/C12H16N2O5/c1-18-7-9-5-10(13-19-9)11(15)14-4-2-3-8(6-14)12(16)17/h5,8H,2-4,6-7H2,1H3,(H,16,17)/t8-/m1/s1. The number of hydrogen-bond acceptors (Lipinski definition) is 5. The molecule has 1 aromatic rings. The highest BCUT2D eigenvalue weighted by Crippen LogP contribution is 2.19. The minimum atomic E-state index is -0.863. The third-order valence-corrected chi connectivity index (χ3v) is 3.12. The number of carbonyl (C=O) groups is 2. The van der Waals surface area contributed by atoms with Crippen molar-refractivity contribution in [3.8, 4) is 0 Å². The summed E-state index contributed by atoms with van der Waals surface area (Å²) >= 11 is 0. The van der Waals surface area contributed by atoms with E-state index in [0.29, 0.717) is 25.1 Å². The van der Waals surface area contributed by atoms with Crippen LogP contribution in [0.25, 0.3) is 0 Å². The second-order valence-corrected chi connectivity index (χ2v) is 4.54. The smallest absolute Gasteiger partial charge is 0.308 e. The lowest BCUT2D eigenvalue weighted by Crippen LogP contribution is -2.42. The van der Waals surface area contributed by atoms with Gasteiger partial charge in [-0.25, -0.2) is 0 Å². The Morgan fingerprint density at radius 1 is 1.63 bits per heavy atom. The van der Waals surface area contributed by atoms with Crippen LogP contribution in [0.3, 0.4) is 0 Å². The van der Waals surface area contributed by atoms with E-state index in [1.165, 1.54) is 18.1 Å². The first-order chi connectivity index (χ1) is 9.11. The molecule has 1 fully saturated rings. The highest BCUT2D eigenvalue weighted by molar-refractivity contribution is 5.92. The van der Waals surface area contributed by atoms with E-state index < -0.39 is 11.9 Å². The molecule has 0 spiro atoms. The SMILES string of the molecule is COCc1cc(C(=O)N2CCC[C@@H](C(=O)O)C2)no1. The first-order valence-corrected chi connectivity index (χ1v) is 6.08. The van der Waals surface area contributed by atoms with Gasteiger partial charge in [-0.15, -0.1) is 0 Å². The number of ether oxygens (including phenoxy) is 1. The molecule has 1 atom stereocenters. The monoisotopic (exact) mass is 268 g/mol. The molecule has 1 aromatic heterocycles. The summed E-state index contributed by atoms with van der Waals surface area (Å²) in [6.45, 7) is 1.02. The molecule has 1 amide bonds. The van der Waals surface area contributed by atoms with Gasteiger partial charge < -0.3 is 19.3 Å². The average molecular weight is 268 g/mol. The van der Waals surface area contributed by atoms with Crippen LogP contribution in [-0.4, -0.2) is 47.2 Å². The molecule has 1 saturated heterocycles. The van der Waals surface area contributed by atoms with E-state index >= 15 is 0 Å². The number of likely N-dealkylation sites (tertiary alicyclic amines) is 1. The van der Waals surface area contributed by atoms with E-state index in [0.717, 1.165) is 0 Å². The molecule has 1 N–H and O–H groups in total. The Morgan fingerprint density at radius 2 is 2.42 bits per heavy atom. The molecule has 0 radical (unpaired) electrons. The lowest BCUT2D eigenvalue weighted by Gasteiger charge is -2.29. The van der Waals surface area contributed by atoms with Crippen LogP contribution in [0.1, 0.15) is 29.1 Å². The zero-order chi connectivity index (χ0) is 13.8. The molecule has 0 saturated carbocycles. The van der Waals surface area contributed by atoms with Crippen molar-refractivity contribution in [2.75, 3.05) is 20.2 Å². The first kappa shape index (κ1) is 13.5. The van der Waals surface area contributed by atoms with Gasteiger partial charge in [-0.2, -0.15) is 0 Å². The molecular formula is C12H16N2O5. The van der Waals surface area contributed by atoms with E-state index in [1.54, 1.807) is 0 Å². The Morgan fingerprint density at radius 3 is 3.11 bits per heavy atom. The van der Waals surface area contributed by atoms with Gasteiger partial charge in [-0.3, -0.25) is 9.59 Å². The fourth-order valence-corrected chi connectivity index (χ4v) is 2.15. The van der Waals surface area contributed by atoms with Gasteiger partial charge in [-0.05, 0) is 12.8 Å². The largest absolute Gasteiger partial charge is 0.481 e. The van der Waals surface area contributed by atoms with Gasteiger partial charge >= 0.3 is 5.97 Å². The van der Waals surface area contributed by atoms with Crippen molar-refractivity contribution in [1.29, 1.82) is 0 Å². The number of hydrogen-bond donors (Lipinski definition) is 1. The number of amides is 1. The van der Waals surface area contributed by atoms with Crippen LogP contribution in [0.15, 0.2) is 10.6 Å². The second-order valence-electron chi connectivity index (χ2n) is 4.54. The number of aromatic nitrogens is 1. The van der Waals surface area contributed by atoms with Crippen LogP contribution in [0, 0.1) is 5.92 Å². The first-order valence-electron chi connectivity index (χ1n) is 6.08. The maximum Gasteiger partial charge on any atom is 0.308 e. The van der Waals surface area contributed by atoms with Crippen LogP contribution in [0.5, 0.6) is 0 Å². The zero-order valence-corrected chi connectivity index (χ0v) is 10.7. The third kappa shape index (κ3) is 3.11. The summed E-state index contributed by atoms with van der Waals surface area (Å²) in [6.07, 6.45) is 1.29. The number of rotatable bonds is 4. The van der Waals surface area contributed by atoms with Crippen LogP contribution in [0.4, 0.5) is 0 Å². The molecule has 1 aliphatic heterocycles. The van der Waals surface area contributed by atoms with E-state index in [4.69, 9.17) is 14.4 Å². The van der Waals surface area contributed by atoms with Crippen molar-refractivity contribution >= 4 is 11.9 Å². The van der Waals surface area contributed by atoms with E-state index in [9.17, 15) is 9.59 Å². The summed E-state index contributed by atoms with van der Waals surface area (Å²) in [5.74, 6) is -1.18.